The Morgan fingerprint density at radius 3 is 3.07 bits per heavy atom. The molecule has 2 saturated carbocycles. The SMILES string of the molecule is CCC(=O)O[C@@H]1C[C@H]2C[C@@H]1[C@@H]1CC=C[C@@H]21. The van der Waals surface area contributed by atoms with Crippen LogP contribution in [0, 0.1) is 23.7 Å². The van der Waals surface area contributed by atoms with E-state index in [1.807, 2.05) is 6.92 Å². The summed E-state index contributed by atoms with van der Waals surface area (Å²) in [6.07, 6.45) is 9.09. The first kappa shape index (κ1) is 9.44. The third-order valence-corrected chi connectivity index (χ3v) is 4.51. The fourth-order valence-electron chi connectivity index (χ4n) is 3.88. The normalized spacial score (nSPS) is 45.8. The largest absolute Gasteiger partial charge is 0.462 e. The Morgan fingerprint density at radius 2 is 2.27 bits per heavy atom. The first-order valence-electron chi connectivity index (χ1n) is 6.15. The number of carbonyl (C=O) groups excluding carboxylic acids is 1. The van der Waals surface area contributed by atoms with Gasteiger partial charge >= 0.3 is 5.97 Å². The Labute approximate surface area is 90.7 Å². The van der Waals surface area contributed by atoms with Crippen molar-refractivity contribution in [1.82, 2.24) is 0 Å². The molecule has 2 bridgehead atoms. The minimum atomic E-state index is -0.0185. The van der Waals surface area contributed by atoms with Gasteiger partial charge in [-0.2, -0.15) is 0 Å². The van der Waals surface area contributed by atoms with Crippen molar-refractivity contribution < 1.29 is 9.53 Å². The third kappa shape index (κ3) is 1.34. The average molecular weight is 206 g/mol. The van der Waals surface area contributed by atoms with E-state index in [2.05, 4.69) is 12.2 Å². The highest BCUT2D eigenvalue weighted by Crippen LogP contribution is 2.57. The Bertz CT molecular complexity index is 308. The predicted molar refractivity (Wildman–Crippen MR) is 57.1 cm³/mol. The topological polar surface area (TPSA) is 26.3 Å². The summed E-state index contributed by atoms with van der Waals surface area (Å²) in [4.78, 5) is 11.3. The van der Waals surface area contributed by atoms with Gasteiger partial charge in [-0.15, -0.1) is 0 Å². The van der Waals surface area contributed by atoms with Crippen LogP contribution < -0.4 is 0 Å². The Kier molecular flexibility index (Phi) is 2.11. The molecule has 0 aromatic rings. The van der Waals surface area contributed by atoms with Crippen molar-refractivity contribution in [2.45, 2.75) is 38.7 Å². The molecule has 15 heavy (non-hydrogen) atoms. The van der Waals surface area contributed by atoms with Gasteiger partial charge in [0.25, 0.3) is 0 Å². The van der Waals surface area contributed by atoms with Crippen molar-refractivity contribution >= 4 is 5.97 Å². The molecule has 0 aromatic heterocycles. The quantitative estimate of drug-likeness (QED) is 0.512. The lowest BCUT2D eigenvalue weighted by Crippen LogP contribution is -2.32. The Morgan fingerprint density at radius 1 is 1.40 bits per heavy atom. The highest BCUT2D eigenvalue weighted by molar-refractivity contribution is 5.69. The molecule has 0 aliphatic heterocycles. The van der Waals surface area contributed by atoms with Crippen molar-refractivity contribution in [3.8, 4) is 0 Å². The van der Waals surface area contributed by atoms with Gasteiger partial charge in [0.05, 0.1) is 0 Å². The molecule has 0 saturated heterocycles. The van der Waals surface area contributed by atoms with E-state index in [1.165, 1.54) is 12.8 Å². The number of carbonyl (C=O) groups is 1. The van der Waals surface area contributed by atoms with Gasteiger partial charge in [-0.05, 0) is 42.9 Å². The van der Waals surface area contributed by atoms with Crippen LogP contribution in [0.3, 0.4) is 0 Å². The molecule has 0 heterocycles. The molecule has 0 aromatic carbocycles. The standard InChI is InChI=1S/C13H18O2/c1-2-13(14)15-12-7-8-6-11(12)10-5-3-4-9(8)10/h3-4,8-12H,2,5-7H2,1H3/t8-,9+,10-,11-,12-/m1/s1. The second-order valence-corrected chi connectivity index (χ2v) is 5.18. The van der Waals surface area contributed by atoms with Crippen molar-refractivity contribution in [3.05, 3.63) is 12.2 Å². The summed E-state index contributed by atoms with van der Waals surface area (Å²) in [5.74, 6) is 3.04. The Balaban J connectivity index is 1.69. The van der Waals surface area contributed by atoms with Crippen LogP contribution in [-0.2, 0) is 9.53 Å². The van der Waals surface area contributed by atoms with Crippen LogP contribution in [0.4, 0.5) is 0 Å². The number of rotatable bonds is 2. The smallest absolute Gasteiger partial charge is 0.305 e. The lowest BCUT2D eigenvalue weighted by atomic mass is 9.80. The second-order valence-electron chi connectivity index (χ2n) is 5.18. The van der Waals surface area contributed by atoms with Crippen molar-refractivity contribution in [3.63, 3.8) is 0 Å². The Hall–Kier alpha value is -0.790. The zero-order valence-electron chi connectivity index (χ0n) is 9.19. The molecule has 0 unspecified atom stereocenters. The summed E-state index contributed by atoms with van der Waals surface area (Å²) < 4.78 is 5.54. The molecule has 0 amide bonds. The van der Waals surface area contributed by atoms with E-state index in [0.717, 1.165) is 24.2 Å². The van der Waals surface area contributed by atoms with Crippen LogP contribution in [0.25, 0.3) is 0 Å². The molecule has 82 valence electrons. The summed E-state index contributed by atoms with van der Waals surface area (Å²) in [5.41, 5.74) is 0. The first-order valence-corrected chi connectivity index (χ1v) is 6.15. The second kappa shape index (κ2) is 3.36. The molecule has 2 heteroatoms. The number of allylic oxidation sites excluding steroid dienone is 2. The van der Waals surface area contributed by atoms with Gasteiger partial charge in [0.2, 0.25) is 0 Å². The summed E-state index contributed by atoms with van der Waals surface area (Å²) in [6.45, 7) is 1.87. The van der Waals surface area contributed by atoms with Crippen LogP contribution in [0.2, 0.25) is 0 Å². The van der Waals surface area contributed by atoms with Gasteiger partial charge in [-0.1, -0.05) is 19.1 Å². The summed E-state index contributed by atoms with van der Waals surface area (Å²) in [7, 11) is 0. The monoisotopic (exact) mass is 206 g/mol. The number of esters is 1. The van der Waals surface area contributed by atoms with Crippen LogP contribution in [-0.4, -0.2) is 12.1 Å². The van der Waals surface area contributed by atoms with Crippen LogP contribution in [0.1, 0.15) is 32.6 Å². The van der Waals surface area contributed by atoms with Crippen LogP contribution in [0.5, 0.6) is 0 Å². The van der Waals surface area contributed by atoms with Crippen molar-refractivity contribution in [2.24, 2.45) is 23.7 Å². The molecule has 2 fully saturated rings. The molecule has 0 N–H and O–H groups in total. The first-order chi connectivity index (χ1) is 7.29. The molecule has 3 rings (SSSR count). The fourth-order valence-corrected chi connectivity index (χ4v) is 3.88. The zero-order valence-corrected chi connectivity index (χ0v) is 9.19. The molecule has 0 radical (unpaired) electrons. The summed E-state index contributed by atoms with van der Waals surface area (Å²) >= 11 is 0. The van der Waals surface area contributed by atoms with E-state index in [-0.39, 0.29) is 12.1 Å². The maximum Gasteiger partial charge on any atom is 0.305 e. The van der Waals surface area contributed by atoms with E-state index >= 15 is 0 Å². The van der Waals surface area contributed by atoms with Gasteiger partial charge in [-0.3, -0.25) is 4.79 Å². The van der Waals surface area contributed by atoms with Gasteiger partial charge in [0.1, 0.15) is 6.10 Å². The third-order valence-electron chi connectivity index (χ3n) is 4.51. The number of hydrogen-bond acceptors (Lipinski definition) is 2. The van der Waals surface area contributed by atoms with Gasteiger partial charge in [-0.25, -0.2) is 0 Å². The molecular formula is C13H18O2. The summed E-state index contributed by atoms with van der Waals surface area (Å²) in [5, 5.41) is 0. The minimum absolute atomic E-state index is 0.0185. The van der Waals surface area contributed by atoms with Gasteiger partial charge in [0, 0.05) is 6.42 Å². The van der Waals surface area contributed by atoms with E-state index in [1.54, 1.807) is 0 Å². The number of ether oxygens (including phenoxy) is 1. The average Bonchev–Trinajstić information content (AvgIpc) is 2.87. The minimum Gasteiger partial charge on any atom is -0.462 e. The highest BCUT2D eigenvalue weighted by Gasteiger charge is 2.53. The molecule has 0 spiro atoms. The van der Waals surface area contributed by atoms with E-state index in [9.17, 15) is 4.79 Å². The van der Waals surface area contributed by atoms with E-state index < -0.39 is 0 Å². The number of fused-ring (bicyclic) bond motifs is 5. The van der Waals surface area contributed by atoms with Crippen LogP contribution >= 0.6 is 0 Å². The molecular weight excluding hydrogens is 188 g/mol. The fraction of sp³-hybridized carbons (Fsp3) is 0.769. The lowest BCUT2D eigenvalue weighted by molar-refractivity contribution is -0.152. The molecule has 2 nitrogen and oxygen atoms in total. The maximum atomic E-state index is 11.3. The molecule has 3 aliphatic rings. The predicted octanol–water partition coefficient (Wildman–Crippen LogP) is 2.54. The van der Waals surface area contributed by atoms with Gasteiger partial charge in [0.15, 0.2) is 0 Å². The highest BCUT2D eigenvalue weighted by atomic mass is 16.5. The van der Waals surface area contributed by atoms with Crippen molar-refractivity contribution in [2.75, 3.05) is 0 Å². The van der Waals surface area contributed by atoms with Crippen LogP contribution in [0.15, 0.2) is 12.2 Å². The van der Waals surface area contributed by atoms with Crippen molar-refractivity contribution in [1.29, 1.82) is 0 Å². The number of hydrogen-bond donors (Lipinski definition) is 0. The maximum absolute atomic E-state index is 11.3. The van der Waals surface area contributed by atoms with E-state index in [4.69, 9.17) is 4.74 Å². The van der Waals surface area contributed by atoms with Gasteiger partial charge < -0.3 is 4.74 Å². The van der Waals surface area contributed by atoms with E-state index in [0.29, 0.717) is 12.3 Å². The summed E-state index contributed by atoms with van der Waals surface area (Å²) in [6, 6.07) is 0. The molecule has 5 atom stereocenters. The molecule has 3 aliphatic carbocycles. The zero-order chi connectivity index (χ0) is 10.4. The lowest BCUT2D eigenvalue weighted by Gasteiger charge is -2.30.